The molecule has 0 heterocycles. The molecule has 0 aromatic heterocycles. The fraction of sp³-hybridized carbons (Fsp3) is 0.278. The topological polar surface area (TPSA) is 35.5 Å². The van der Waals surface area contributed by atoms with E-state index in [0.29, 0.717) is 11.5 Å². The van der Waals surface area contributed by atoms with Gasteiger partial charge in [-0.05, 0) is 30.0 Å². The normalized spacial score (nSPS) is 19.9. The van der Waals surface area contributed by atoms with Crippen LogP contribution in [0.25, 0.3) is 0 Å². The van der Waals surface area contributed by atoms with Crippen LogP contribution in [0, 0.1) is 5.92 Å². The van der Waals surface area contributed by atoms with Gasteiger partial charge in [-0.25, -0.2) is 0 Å². The minimum atomic E-state index is 0.0884. The van der Waals surface area contributed by atoms with E-state index in [0.717, 1.165) is 17.5 Å². The third-order valence-corrected chi connectivity index (χ3v) is 4.02. The van der Waals surface area contributed by atoms with Crippen LogP contribution in [-0.4, -0.2) is 20.0 Å². The summed E-state index contributed by atoms with van der Waals surface area (Å²) < 4.78 is 10.6. The Hall–Kier alpha value is -2.29. The van der Waals surface area contributed by atoms with Crippen molar-refractivity contribution in [2.24, 2.45) is 5.92 Å². The van der Waals surface area contributed by atoms with Crippen molar-refractivity contribution in [2.45, 2.75) is 12.3 Å². The smallest absolute Gasteiger partial charge is 0.166 e. The second-order valence-electron chi connectivity index (χ2n) is 5.29. The van der Waals surface area contributed by atoms with Crippen molar-refractivity contribution in [1.82, 2.24) is 0 Å². The molecule has 3 rings (SSSR count). The fourth-order valence-corrected chi connectivity index (χ4v) is 2.75. The van der Waals surface area contributed by atoms with Gasteiger partial charge in [0.05, 0.1) is 14.2 Å². The molecule has 0 amide bonds. The predicted molar refractivity (Wildman–Crippen MR) is 81.2 cm³/mol. The Bertz CT molecular complexity index is 649. The molecule has 0 bridgehead atoms. The molecule has 1 saturated carbocycles. The molecule has 0 N–H and O–H groups in total. The highest BCUT2D eigenvalue weighted by Gasteiger charge is 2.44. The lowest BCUT2D eigenvalue weighted by atomic mass is 10.0. The average Bonchev–Trinajstić information content (AvgIpc) is 3.35. The van der Waals surface area contributed by atoms with Crippen LogP contribution in [0.1, 0.15) is 28.3 Å². The monoisotopic (exact) mass is 282 g/mol. The van der Waals surface area contributed by atoms with Crippen LogP contribution < -0.4 is 9.47 Å². The number of ketones is 1. The second-order valence-corrected chi connectivity index (χ2v) is 5.29. The van der Waals surface area contributed by atoms with Crippen LogP contribution in [-0.2, 0) is 0 Å². The summed E-state index contributed by atoms with van der Waals surface area (Å²) in [6.07, 6.45) is 0.906. The average molecular weight is 282 g/mol. The van der Waals surface area contributed by atoms with Gasteiger partial charge in [0, 0.05) is 11.5 Å². The molecule has 2 unspecified atom stereocenters. The highest BCUT2D eigenvalue weighted by Crippen LogP contribution is 2.50. The van der Waals surface area contributed by atoms with E-state index in [1.807, 2.05) is 48.5 Å². The maximum atomic E-state index is 12.4. The summed E-state index contributed by atoms with van der Waals surface area (Å²) >= 11 is 0. The summed E-state index contributed by atoms with van der Waals surface area (Å²) in [6.45, 7) is 0. The number of hydrogen-bond acceptors (Lipinski definition) is 3. The van der Waals surface area contributed by atoms with Gasteiger partial charge in [-0.15, -0.1) is 0 Å². The van der Waals surface area contributed by atoms with Gasteiger partial charge in [-0.1, -0.05) is 36.4 Å². The van der Waals surface area contributed by atoms with Crippen molar-refractivity contribution < 1.29 is 14.3 Å². The number of carbonyl (C=O) groups excluding carboxylic acids is 1. The molecule has 3 heteroatoms. The van der Waals surface area contributed by atoms with Gasteiger partial charge in [-0.2, -0.15) is 0 Å². The summed E-state index contributed by atoms with van der Waals surface area (Å²) in [7, 11) is 3.25. The van der Waals surface area contributed by atoms with Crippen molar-refractivity contribution >= 4 is 5.78 Å². The van der Waals surface area contributed by atoms with E-state index in [9.17, 15) is 4.79 Å². The summed E-state index contributed by atoms with van der Waals surface area (Å²) in [6, 6.07) is 15.4. The fourth-order valence-electron chi connectivity index (χ4n) is 2.75. The zero-order valence-electron chi connectivity index (χ0n) is 12.2. The van der Waals surface area contributed by atoms with E-state index in [1.54, 1.807) is 14.2 Å². The molecular formula is C18H18O3. The lowest BCUT2D eigenvalue weighted by Gasteiger charge is -2.09. The van der Waals surface area contributed by atoms with Crippen molar-refractivity contribution in [2.75, 3.05) is 14.2 Å². The first-order valence-corrected chi connectivity index (χ1v) is 7.05. The number of methoxy groups -OCH3 is 2. The summed E-state index contributed by atoms with van der Waals surface area (Å²) in [5.41, 5.74) is 1.94. The van der Waals surface area contributed by atoms with Gasteiger partial charge in [-0.3, -0.25) is 4.79 Å². The first-order chi connectivity index (χ1) is 10.2. The van der Waals surface area contributed by atoms with Gasteiger partial charge in [0.25, 0.3) is 0 Å². The summed E-state index contributed by atoms with van der Waals surface area (Å²) in [5.74, 6) is 2.04. The second kappa shape index (κ2) is 5.60. The quantitative estimate of drug-likeness (QED) is 0.785. The Kier molecular flexibility index (Phi) is 3.65. The van der Waals surface area contributed by atoms with Crippen molar-refractivity contribution in [1.29, 1.82) is 0 Å². The van der Waals surface area contributed by atoms with Crippen molar-refractivity contribution in [3.8, 4) is 11.5 Å². The number of Topliss-reactive ketones (excluding diaryl/α,β-unsaturated/α-hetero) is 1. The van der Waals surface area contributed by atoms with Crippen LogP contribution in [0.5, 0.6) is 11.5 Å². The van der Waals surface area contributed by atoms with Crippen LogP contribution in [0.15, 0.2) is 48.5 Å². The van der Waals surface area contributed by atoms with Crippen molar-refractivity contribution in [3.05, 3.63) is 59.7 Å². The van der Waals surface area contributed by atoms with Crippen LogP contribution in [0.3, 0.4) is 0 Å². The molecule has 2 aromatic carbocycles. The lowest BCUT2D eigenvalue weighted by molar-refractivity contribution is 0.0965. The van der Waals surface area contributed by atoms with E-state index in [4.69, 9.17) is 9.47 Å². The summed E-state index contributed by atoms with van der Waals surface area (Å²) in [4.78, 5) is 12.4. The Balaban J connectivity index is 1.77. The van der Waals surface area contributed by atoms with Gasteiger partial charge in [0.15, 0.2) is 17.3 Å². The zero-order chi connectivity index (χ0) is 14.8. The Morgan fingerprint density at radius 2 is 1.71 bits per heavy atom. The van der Waals surface area contributed by atoms with Gasteiger partial charge < -0.3 is 9.47 Å². The van der Waals surface area contributed by atoms with E-state index >= 15 is 0 Å². The van der Waals surface area contributed by atoms with E-state index in [2.05, 4.69) is 0 Å². The third kappa shape index (κ3) is 2.64. The molecule has 0 aliphatic heterocycles. The van der Waals surface area contributed by atoms with E-state index < -0.39 is 0 Å². The number of hydrogen-bond donors (Lipinski definition) is 0. The lowest BCUT2D eigenvalue weighted by Crippen LogP contribution is -2.02. The molecule has 0 spiro atoms. The molecular weight excluding hydrogens is 264 g/mol. The van der Waals surface area contributed by atoms with Gasteiger partial charge in [0.1, 0.15) is 0 Å². The maximum absolute atomic E-state index is 12.4. The molecule has 0 saturated heterocycles. The van der Waals surface area contributed by atoms with Gasteiger partial charge in [0.2, 0.25) is 0 Å². The standard InChI is InChI=1S/C18H18O3/c1-20-16-9-8-13(10-17(16)21-2)14-11-15(14)18(19)12-6-4-3-5-7-12/h3-10,14-15H,11H2,1-2H3. The first-order valence-electron chi connectivity index (χ1n) is 7.05. The molecule has 1 fully saturated rings. The summed E-state index contributed by atoms with van der Waals surface area (Å²) in [5, 5.41) is 0. The van der Waals surface area contributed by atoms with Gasteiger partial charge >= 0.3 is 0 Å². The molecule has 2 atom stereocenters. The minimum absolute atomic E-state index is 0.0884. The molecule has 108 valence electrons. The Morgan fingerprint density at radius 3 is 2.38 bits per heavy atom. The molecule has 3 nitrogen and oxygen atoms in total. The Labute approximate surface area is 124 Å². The van der Waals surface area contributed by atoms with Crippen LogP contribution >= 0.6 is 0 Å². The minimum Gasteiger partial charge on any atom is -0.493 e. The molecule has 1 aliphatic rings. The predicted octanol–water partition coefficient (Wildman–Crippen LogP) is 3.69. The third-order valence-electron chi connectivity index (χ3n) is 4.02. The van der Waals surface area contributed by atoms with Crippen LogP contribution in [0.2, 0.25) is 0 Å². The largest absolute Gasteiger partial charge is 0.493 e. The number of rotatable bonds is 5. The SMILES string of the molecule is COc1ccc(C2CC2C(=O)c2ccccc2)cc1OC. The zero-order valence-corrected chi connectivity index (χ0v) is 12.2. The Morgan fingerprint density at radius 1 is 1.00 bits per heavy atom. The van der Waals surface area contributed by atoms with Crippen LogP contribution in [0.4, 0.5) is 0 Å². The molecule has 21 heavy (non-hydrogen) atoms. The highest BCUT2D eigenvalue weighted by molar-refractivity contribution is 6.00. The van der Waals surface area contributed by atoms with E-state index in [-0.39, 0.29) is 17.6 Å². The molecule has 1 aliphatic carbocycles. The van der Waals surface area contributed by atoms with Crippen molar-refractivity contribution in [3.63, 3.8) is 0 Å². The number of benzene rings is 2. The molecule has 0 radical (unpaired) electrons. The first kappa shape index (κ1) is 13.7. The van der Waals surface area contributed by atoms with E-state index in [1.165, 1.54) is 0 Å². The maximum Gasteiger partial charge on any atom is 0.166 e. The highest BCUT2D eigenvalue weighted by atomic mass is 16.5. The number of carbonyl (C=O) groups is 1. The molecule has 2 aromatic rings. The number of ether oxygens (including phenoxy) is 2.